The lowest BCUT2D eigenvalue weighted by molar-refractivity contribution is -0.145. The summed E-state index contributed by atoms with van der Waals surface area (Å²) < 4.78 is 32.3. The predicted molar refractivity (Wildman–Crippen MR) is 101 cm³/mol. The third-order valence-corrected chi connectivity index (χ3v) is 7.81. The molecule has 1 fully saturated rings. The molecule has 3 rings (SSSR count). The summed E-state index contributed by atoms with van der Waals surface area (Å²) in [5, 5.41) is 9.16. The molecule has 2 aromatic carbocycles. The first kappa shape index (κ1) is 19.4. The Morgan fingerprint density at radius 2 is 1.77 bits per heavy atom. The predicted octanol–water partition coefficient (Wildman–Crippen LogP) is 3.76. The van der Waals surface area contributed by atoms with E-state index in [2.05, 4.69) is 15.9 Å². The fraction of sp³-hybridized carbons (Fsp3) is 0.278. The summed E-state index contributed by atoms with van der Waals surface area (Å²) >= 11 is 9.17. The van der Waals surface area contributed by atoms with Crippen LogP contribution >= 0.6 is 27.5 Å². The highest BCUT2D eigenvalue weighted by atomic mass is 79.9. The van der Waals surface area contributed by atoms with Crippen molar-refractivity contribution in [2.75, 3.05) is 13.7 Å². The molecule has 0 radical (unpaired) electrons. The Balaban J connectivity index is 2.11. The van der Waals surface area contributed by atoms with Crippen molar-refractivity contribution in [2.45, 2.75) is 16.1 Å². The Morgan fingerprint density at radius 1 is 1.19 bits per heavy atom. The molecule has 2 aromatic rings. The monoisotopic (exact) mass is 458 g/mol. The zero-order valence-electron chi connectivity index (χ0n) is 13.7. The maximum absolute atomic E-state index is 13.2. The van der Waals surface area contributed by atoms with Gasteiger partial charge in [-0.05, 0) is 42.0 Å². The number of carboxylic acids is 1. The van der Waals surface area contributed by atoms with E-state index < -0.39 is 32.4 Å². The minimum Gasteiger partial charge on any atom is -0.481 e. The summed E-state index contributed by atoms with van der Waals surface area (Å²) in [5.41, 5.74) is -0.878. The number of methoxy groups -OCH3 is 1. The van der Waals surface area contributed by atoms with Gasteiger partial charge in [-0.2, -0.15) is 0 Å². The lowest BCUT2D eigenvalue weighted by Gasteiger charge is -2.12. The maximum Gasteiger partial charge on any atom is 0.314 e. The van der Waals surface area contributed by atoms with E-state index in [1.807, 2.05) is 0 Å². The van der Waals surface area contributed by atoms with Gasteiger partial charge >= 0.3 is 5.97 Å². The maximum atomic E-state index is 13.2. The Hall–Kier alpha value is -1.41. The van der Waals surface area contributed by atoms with Crippen molar-refractivity contribution >= 4 is 43.3 Å². The van der Waals surface area contributed by atoms with E-state index in [1.165, 1.54) is 31.4 Å². The lowest BCUT2D eigenvalue weighted by Crippen LogP contribution is -2.28. The Morgan fingerprint density at radius 3 is 2.27 bits per heavy atom. The summed E-state index contributed by atoms with van der Waals surface area (Å²) in [6.45, 7) is -0.194. The van der Waals surface area contributed by atoms with Gasteiger partial charge in [0.2, 0.25) is 0 Å². The number of carboxylic acid groups (broad SMARTS) is 1. The van der Waals surface area contributed by atoms with Crippen LogP contribution in [-0.4, -0.2) is 38.5 Å². The van der Waals surface area contributed by atoms with E-state index in [0.717, 1.165) is 4.47 Å². The third kappa shape index (κ3) is 3.07. The van der Waals surface area contributed by atoms with Gasteiger partial charge in [0.05, 0.1) is 16.8 Å². The zero-order valence-corrected chi connectivity index (χ0v) is 16.9. The zero-order chi connectivity index (χ0) is 19.1. The second kappa shape index (κ2) is 6.96. The molecule has 1 saturated carbocycles. The summed E-state index contributed by atoms with van der Waals surface area (Å²) in [5.74, 6) is -1.89. The summed E-state index contributed by atoms with van der Waals surface area (Å²) in [7, 11) is -2.53. The molecular weight excluding hydrogens is 444 g/mol. The van der Waals surface area contributed by atoms with Gasteiger partial charge in [0.25, 0.3) is 0 Å². The van der Waals surface area contributed by atoms with E-state index in [0.29, 0.717) is 10.6 Å². The summed E-state index contributed by atoms with van der Waals surface area (Å²) in [6, 6.07) is 12.7. The highest BCUT2D eigenvalue weighted by Crippen LogP contribution is 2.64. The van der Waals surface area contributed by atoms with Gasteiger partial charge in [0.15, 0.2) is 9.84 Å². The highest BCUT2D eigenvalue weighted by molar-refractivity contribution is 9.10. The van der Waals surface area contributed by atoms with Crippen molar-refractivity contribution in [3.05, 3.63) is 63.6 Å². The van der Waals surface area contributed by atoms with E-state index in [-0.39, 0.29) is 11.5 Å². The van der Waals surface area contributed by atoms with Gasteiger partial charge in [-0.25, -0.2) is 8.42 Å². The SMILES string of the molecule is COC[C@]1(C(=O)O)[C@H](c2ccc(Br)cc2)[C@H]1S(=O)(=O)c1ccc(Cl)cc1. The van der Waals surface area contributed by atoms with Gasteiger partial charge in [0.1, 0.15) is 5.41 Å². The van der Waals surface area contributed by atoms with E-state index in [9.17, 15) is 18.3 Å². The molecule has 0 saturated heterocycles. The number of halogens is 2. The number of benzene rings is 2. The standard InChI is InChI=1S/C18H16BrClO5S/c1-25-10-18(17(21)22)15(11-2-4-12(19)5-3-11)16(18)26(23,24)14-8-6-13(20)7-9-14/h2-9,15-16H,10H2,1H3,(H,21,22)/t15-,16-,18+/m1/s1. The van der Waals surface area contributed by atoms with E-state index in [4.69, 9.17) is 16.3 Å². The average Bonchev–Trinajstić information content (AvgIpc) is 3.27. The Labute approximate surface area is 165 Å². The van der Waals surface area contributed by atoms with Crippen LogP contribution in [0.25, 0.3) is 0 Å². The van der Waals surface area contributed by atoms with Crippen LogP contribution in [0, 0.1) is 5.41 Å². The normalized spacial score (nSPS) is 25.0. The van der Waals surface area contributed by atoms with Crippen LogP contribution in [0.1, 0.15) is 11.5 Å². The van der Waals surface area contributed by atoms with E-state index >= 15 is 0 Å². The first-order chi connectivity index (χ1) is 12.2. The topological polar surface area (TPSA) is 80.7 Å². The molecule has 8 heteroatoms. The quantitative estimate of drug-likeness (QED) is 0.711. The van der Waals surface area contributed by atoms with Crippen LogP contribution in [0.15, 0.2) is 57.9 Å². The molecule has 138 valence electrons. The molecule has 1 N–H and O–H groups in total. The molecule has 0 aliphatic heterocycles. The number of rotatable bonds is 6. The molecule has 0 unspecified atom stereocenters. The molecule has 0 spiro atoms. The minimum atomic E-state index is -3.90. The summed E-state index contributed by atoms with van der Waals surface area (Å²) in [4.78, 5) is 12.1. The Bertz CT molecular complexity index is 927. The van der Waals surface area contributed by atoms with Gasteiger partial charge in [-0.15, -0.1) is 0 Å². The highest BCUT2D eigenvalue weighted by Gasteiger charge is 2.76. The number of hydrogen-bond acceptors (Lipinski definition) is 4. The van der Waals surface area contributed by atoms with Crippen LogP contribution in [0.3, 0.4) is 0 Å². The van der Waals surface area contributed by atoms with Crippen LogP contribution in [0.4, 0.5) is 0 Å². The van der Waals surface area contributed by atoms with Gasteiger partial charge in [-0.1, -0.05) is 39.7 Å². The smallest absolute Gasteiger partial charge is 0.314 e. The van der Waals surface area contributed by atoms with Crippen molar-refractivity contribution in [1.82, 2.24) is 0 Å². The van der Waals surface area contributed by atoms with Gasteiger partial charge in [-0.3, -0.25) is 4.79 Å². The molecule has 0 heterocycles. The van der Waals surface area contributed by atoms with Gasteiger partial charge in [0, 0.05) is 22.5 Å². The molecule has 3 atom stereocenters. The lowest BCUT2D eigenvalue weighted by atomic mass is 10.0. The van der Waals surface area contributed by atoms with Crippen molar-refractivity contribution in [3.8, 4) is 0 Å². The average molecular weight is 460 g/mol. The first-order valence-corrected chi connectivity index (χ1v) is 10.4. The second-order valence-electron chi connectivity index (χ2n) is 6.23. The number of ether oxygens (including phenoxy) is 1. The second-order valence-corrected chi connectivity index (χ2v) is 9.65. The third-order valence-electron chi connectivity index (χ3n) is 4.74. The van der Waals surface area contributed by atoms with Crippen molar-refractivity contribution < 1.29 is 23.1 Å². The number of hydrogen-bond donors (Lipinski definition) is 1. The number of carbonyl (C=O) groups is 1. The Kier molecular flexibility index (Phi) is 5.18. The van der Waals surface area contributed by atoms with Crippen molar-refractivity contribution in [1.29, 1.82) is 0 Å². The van der Waals surface area contributed by atoms with Crippen LogP contribution in [-0.2, 0) is 19.4 Å². The fourth-order valence-corrected chi connectivity index (χ4v) is 6.25. The van der Waals surface area contributed by atoms with Crippen LogP contribution < -0.4 is 0 Å². The molecule has 1 aliphatic carbocycles. The molecular formula is C18H16BrClO5S. The van der Waals surface area contributed by atoms with Gasteiger partial charge < -0.3 is 9.84 Å². The number of aliphatic carboxylic acids is 1. The van der Waals surface area contributed by atoms with Crippen molar-refractivity contribution in [3.63, 3.8) is 0 Å². The van der Waals surface area contributed by atoms with Crippen LogP contribution in [0.2, 0.25) is 5.02 Å². The molecule has 0 aromatic heterocycles. The number of sulfone groups is 1. The van der Waals surface area contributed by atoms with Crippen molar-refractivity contribution in [2.24, 2.45) is 5.41 Å². The molecule has 1 aliphatic rings. The molecule has 26 heavy (non-hydrogen) atoms. The fourth-order valence-electron chi connectivity index (χ4n) is 3.50. The summed E-state index contributed by atoms with van der Waals surface area (Å²) in [6.07, 6.45) is 0. The molecule has 0 amide bonds. The van der Waals surface area contributed by atoms with E-state index in [1.54, 1.807) is 24.3 Å². The molecule has 5 nitrogen and oxygen atoms in total. The largest absolute Gasteiger partial charge is 0.481 e. The van der Waals surface area contributed by atoms with Crippen LogP contribution in [0.5, 0.6) is 0 Å². The minimum absolute atomic E-state index is 0.0493. The molecule has 0 bridgehead atoms. The first-order valence-electron chi connectivity index (χ1n) is 7.72.